The van der Waals surface area contributed by atoms with Crippen molar-refractivity contribution in [3.8, 4) is 0 Å². The lowest BCUT2D eigenvalue weighted by Gasteiger charge is -2.22. The zero-order chi connectivity index (χ0) is 16.0. The molecule has 1 heterocycles. The number of amides is 1. The van der Waals surface area contributed by atoms with Crippen molar-refractivity contribution in [3.63, 3.8) is 0 Å². The molecule has 0 radical (unpaired) electrons. The van der Waals surface area contributed by atoms with E-state index in [1.54, 1.807) is 31.2 Å². The smallest absolute Gasteiger partial charge is 0.232 e. The standard InChI is InChI=1S/C14H21N3O3S2.ClH/c1-2-22(19,20)17-12-5-3-11(4-6-12)16-14(18)9-13-10-21-8-7-15-13;/h3-6,13,15,17H,2,7-10H2,1H3,(H,16,18);1H. The van der Waals surface area contributed by atoms with Gasteiger partial charge in [0.2, 0.25) is 15.9 Å². The van der Waals surface area contributed by atoms with Crippen molar-refractivity contribution in [2.24, 2.45) is 0 Å². The minimum Gasteiger partial charge on any atom is -0.326 e. The second-order valence-corrected chi connectivity index (χ2v) is 8.22. The Morgan fingerprint density at radius 2 is 1.96 bits per heavy atom. The molecule has 1 atom stereocenters. The van der Waals surface area contributed by atoms with E-state index in [4.69, 9.17) is 0 Å². The number of thioether (sulfide) groups is 1. The van der Waals surface area contributed by atoms with E-state index < -0.39 is 10.0 Å². The number of nitrogens with one attached hydrogen (secondary N) is 3. The number of sulfonamides is 1. The second kappa shape index (κ2) is 9.36. The van der Waals surface area contributed by atoms with Crippen LogP contribution in [0.5, 0.6) is 0 Å². The molecule has 0 aliphatic carbocycles. The lowest BCUT2D eigenvalue weighted by atomic mass is 10.2. The van der Waals surface area contributed by atoms with Crippen LogP contribution in [0.4, 0.5) is 11.4 Å². The Morgan fingerprint density at radius 3 is 2.52 bits per heavy atom. The minimum atomic E-state index is -3.28. The highest BCUT2D eigenvalue weighted by Crippen LogP contribution is 2.16. The number of rotatable bonds is 6. The summed E-state index contributed by atoms with van der Waals surface area (Å²) in [5, 5.41) is 6.15. The SMILES string of the molecule is CCS(=O)(=O)Nc1ccc(NC(=O)CC2CSCCN2)cc1.Cl. The monoisotopic (exact) mass is 379 g/mol. The molecule has 3 N–H and O–H groups in total. The lowest BCUT2D eigenvalue weighted by Crippen LogP contribution is -2.39. The van der Waals surface area contributed by atoms with E-state index in [-0.39, 0.29) is 30.1 Å². The van der Waals surface area contributed by atoms with Gasteiger partial charge in [0, 0.05) is 41.9 Å². The topological polar surface area (TPSA) is 87.3 Å². The van der Waals surface area contributed by atoms with Crippen molar-refractivity contribution in [2.75, 3.05) is 33.8 Å². The van der Waals surface area contributed by atoms with Gasteiger partial charge in [0.1, 0.15) is 0 Å². The number of anilines is 2. The predicted octanol–water partition coefficient (Wildman–Crippen LogP) is 1.90. The first kappa shape index (κ1) is 20.1. The van der Waals surface area contributed by atoms with Gasteiger partial charge in [-0.15, -0.1) is 12.4 Å². The summed E-state index contributed by atoms with van der Waals surface area (Å²) >= 11 is 1.85. The molecule has 1 saturated heterocycles. The van der Waals surface area contributed by atoms with Crippen LogP contribution in [0.1, 0.15) is 13.3 Å². The van der Waals surface area contributed by atoms with Crippen molar-refractivity contribution in [1.29, 1.82) is 0 Å². The highest BCUT2D eigenvalue weighted by molar-refractivity contribution is 7.99. The van der Waals surface area contributed by atoms with Crippen molar-refractivity contribution in [2.45, 2.75) is 19.4 Å². The molecule has 1 aliphatic rings. The predicted molar refractivity (Wildman–Crippen MR) is 99.1 cm³/mol. The quantitative estimate of drug-likeness (QED) is 0.702. The first-order valence-electron chi connectivity index (χ1n) is 7.20. The van der Waals surface area contributed by atoms with Crippen molar-refractivity contribution in [3.05, 3.63) is 24.3 Å². The van der Waals surface area contributed by atoms with Crippen LogP contribution in [0.3, 0.4) is 0 Å². The van der Waals surface area contributed by atoms with Crippen molar-refractivity contribution < 1.29 is 13.2 Å². The molecule has 0 aromatic heterocycles. The Labute approximate surface area is 147 Å². The maximum absolute atomic E-state index is 12.0. The molecule has 130 valence electrons. The molecule has 0 saturated carbocycles. The molecule has 1 unspecified atom stereocenters. The maximum atomic E-state index is 12.0. The number of benzene rings is 1. The molecule has 1 aromatic carbocycles. The van der Waals surface area contributed by atoms with Crippen LogP contribution in [0.2, 0.25) is 0 Å². The summed E-state index contributed by atoms with van der Waals surface area (Å²) in [6.07, 6.45) is 0.442. The van der Waals surface area contributed by atoms with Crippen LogP contribution in [-0.4, -0.2) is 44.2 Å². The number of hydrogen-bond acceptors (Lipinski definition) is 5. The van der Waals surface area contributed by atoms with Gasteiger partial charge in [0.05, 0.1) is 5.75 Å². The normalized spacial score (nSPS) is 17.9. The van der Waals surface area contributed by atoms with Gasteiger partial charge in [-0.1, -0.05) is 0 Å². The van der Waals surface area contributed by atoms with Gasteiger partial charge in [-0.05, 0) is 31.2 Å². The first-order chi connectivity index (χ1) is 10.5. The third-order valence-electron chi connectivity index (χ3n) is 3.25. The summed E-state index contributed by atoms with van der Waals surface area (Å²) in [7, 11) is -3.28. The molecule has 23 heavy (non-hydrogen) atoms. The molecular weight excluding hydrogens is 358 g/mol. The van der Waals surface area contributed by atoms with E-state index in [1.165, 1.54) is 0 Å². The fourth-order valence-corrected chi connectivity index (χ4v) is 3.65. The van der Waals surface area contributed by atoms with Gasteiger partial charge in [0.25, 0.3) is 0 Å². The average Bonchev–Trinajstić information content (AvgIpc) is 2.50. The summed E-state index contributed by atoms with van der Waals surface area (Å²) in [5.74, 6) is 2.03. The molecular formula is C14H22ClN3O3S2. The van der Waals surface area contributed by atoms with Gasteiger partial charge in [-0.3, -0.25) is 9.52 Å². The summed E-state index contributed by atoms with van der Waals surface area (Å²) < 4.78 is 25.4. The molecule has 6 nitrogen and oxygen atoms in total. The fourth-order valence-electron chi connectivity index (χ4n) is 2.06. The fraction of sp³-hybridized carbons (Fsp3) is 0.500. The zero-order valence-corrected chi connectivity index (χ0v) is 15.3. The molecule has 1 aliphatic heterocycles. The highest BCUT2D eigenvalue weighted by atomic mass is 35.5. The van der Waals surface area contributed by atoms with Crippen molar-refractivity contribution >= 4 is 51.5 Å². The number of carbonyl (C=O) groups excluding carboxylic acids is 1. The Balaban J connectivity index is 0.00000264. The summed E-state index contributed by atoms with van der Waals surface area (Å²) in [6, 6.07) is 6.87. The van der Waals surface area contributed by atoms with Gasteiger partial charge in [0.15, 0.2) is 0 Å². The Bertz CT molecular complexity index is 602. The number of carbonyl (C=O) groups is 1. The van der Waals surface area contributed by atoms with Crippen molar-refractivity contribution in [1.82, 2.24) is 5.32 Å². The van der Waals surface area contributed by atoms with E-state index in [0.29, 0.717) is 17.8 Å². The highest BCUT2D eigenvalue weighted by Gasteiger charge is 2.16. The third kappa shape index (κ3) is 6.99. The average molecular weight is 380 g/mol. The van der Waals surface area contributed by atoms with Gasteiger partial charge in [-0.2, -0.15) is 11.8 Å². The van der Waals surface area contributed by atoms with Crippen LogP contribution in [0.15, 0.2) is 24.3 Å². The molecule has 2 rings (SSSR count). The number of halogens is 1. The molecule has 9 heteroatoms. The zero-order valence-electron chi connectivity index (χ0n) is 12.9. The van der Waals surface area contributed by atoms with E-state index >= 15 is 0 Å². The lowest BCUT2D eigenvalue weighted by molar-refractivity contribution is -0.116. The third-order valence-corrected chi connectivity index (χ3v) is 5.69. The second-order valence-electron chi connectivity index (χ2n) is 5.06. The summed E-state index contributed by atoms with van der Waals surface area (Å²) in [4.78, 5) is 12.0. The maximum Gasteiger partial charge on any atom is 0.232 e. The van der Waals surface area contributed by atoms with Crippen LogP contribution in [0, 0.1) is 0 Å². The molecule has 1 aromatic rings. The van der Waals surface area contributed by atoms with Crippen LogP contribution < -0.4 is 15.4 Å². The van der Waals surface area contributed by atoms with Gasteiger partial charge >= 0.3 is 0 Å². The van der Waals surface area contributed by atoms with Crippen LogP contribution in [0.25, 0.3) is 0 Å². The van der Waals surface area contributed by atoms with E-state index in [1.807, 2.05) is 11.8 Å². The molecule has 1 amide bonds. The first-order valence-corrected chi connectivity index (χ1v) is 10.0. The molecule has 0 spiro atoms. The largest absolute Gasteiger partial charge is 0.326 e. The van der Waals surface area contributed by atoms with E-state index in [9.17, 15) is 13.2 Å². The molecule has 1 fully saturated rings. The molecule has 0 bridgehead atoms. The van der Waals surface area contributed by atoms with E-state index in [0.717, 1.165) is 18.1 Å². The Kier molecular flexibility index (Phi) is 8.18. The minimum absolute atomic E-state index is 0. The number of hydrogen-bond donors (Lipinski definition) is 3. The van der Waals surface area contributed by atoms with Gasteiger partial charge in [-0.25, -0.2) is 8.42 Å². The van der Waals surface area contributed by atoms with Crippen LogP contribution >= 0.6 is 24.2 Å². The summed E-state index contributed by atoms with van der Waals surface area (Å²) in [6.45, 7) is 2.52. The van der Waals surface area contributed by atoms with E-state index in [2.05, 4.69) is 15.4 Å². The van der Waals surface area contributed by atoms with Crippen LogP contribution in [-0.2, 0) is 14.8 Å². The Hall–Kier alpha value is -0.960. The summed E-state index contributed by atoms with van der Waals surface area (Å²) in [5.41, 5.74) is 1.15. The Morgan fingerprint density at radius 1 is 1.30 bits per heavy atom. The van der Waals surface area contributed by atoms with Gasteiger partial charge < -0.3 is 10.6 Å².